The van der Waals surface area contributed by atoms with Gasteiger partial charge in [0.2, 0.25) is 0 Å². The smallest absolute Gasteiger partial charge is 0.109 e. The van der Waals surface area contributed by atoms with Gasteiger partial charge in [0, 0.05) is 5.56 Å². The Bertz CT molecular complexity index is 302. The highest BCUT2D eigenvalue weighted by molar-refractivity contribution is 5.13. The van der Waals surface area contributed by atoms with Crippen LogP contribution in [0.5, 0.6) is 0 Å². The van der Waals surface area contributed by atoms with Gasteiger partial charge in [-0.15, -0.1) is 0 Å². The van der Waals surface area contributed by atoms with Gasteiger partial charge in [-0.2, -0.15) is 0 Å². The molecule has 96 valence electrons. The zero-order chi connectivity index (χ0) is 11.9. The third-order valence-electron chi connectivity index (χ3n) is 3.07. The number of quaternary nitrogens is 1. The lowest BCUT2D eigenvalue weighted by Gasteiger charge is -2.34. The lowest BCUT2D eigenvalue weighted by molar-refractivity contribution is -0.892. The molecule has 0 heterocycles. The van der Waals surface area contributed by atoms with Crippen LogP contribution in [0.1, 0.15) is 32.3 Å². The zero-order valence-electron chi connectivity index (χ0n) is 11.0. The van der Waals surface area contributed by atoms with E-state index in [9.17, 15) is 0 Å². The van der Waals surface area contributed by atoms with E-state index in [4.69, 9.17) is 0 Å². The summed E-state index contributed by atoms with van der Waals surface area (Å²) in [6.45, 7) is 12.0. The lowest BCUT2D eigenvalue weighted by Crippen LogP contribution is -3.00. The van der Waals surface area contributed by atoms with E-state index in [1.165, 1.54) is 31.5 Å². The standard InChI is InChI=1S/C15H24N.ClH/c1-4-12-16(6-3,13-5-2)14-15-10-8-7-9-11-15;/h6-11H,3-5,12-14H2,1-2H3;1H/q+1;/p-1. The molecule has 0 aliphatic heterocycles. The summed E-state index contributed by atoms with van der Waals surface area (Å²) in [4.78, 5) is 0. The normalized spacial score (nSPS) is 10.7. The molecule has 0 spiro atoms. The first-order valence-electron chi connectivity index (χ1n) is 6.29. The number of hydrogen-bond acceptors (Lipinski definition) is 0. The van der Waals surface area contributed by atoms with Crippen LogP contribution in [0.4, 0.5) is 0 Å². The van der Waals surface area contributed by atoms with Crippen molar-refractivity contribution in [2.75, 3.05) is 13.1 Å². The van der Waals surface area contributed by atoms with Crippen molar-refractivity contribution in [1.82, 2.24) is 0 Å². The fourth-order valence-electron chi connectivity index (χ4n) is 2.35. The van der Waals surface area contributed by atoms with E-state index in [2.05, 4.69) is 57.0 Å². The van der Waals surface area contributed by atoms with Crippen LogP contribution < -0.4 is 12.4 Å². The third kappa shape index (κ3) is 4.93. The molecular weight excluding hydrogens is 230 g/mol. The molecule has 0 atom stereocenters. The van der Waals surface area contributed by atoms with Gasteiger partial charge >= 0.3 is 0 Å². The van der Waals surface area contributed by atoms with Crippen molar-refractivity contribution in [3.63, 3.8) is 0 Å². The van der Waals surface area contributed by atoms with E-state index in [0.717, 1.165) is 11.0 Å². The maximum Gasteiger partial charge on any atom is 0.109 e. The third-order valence-corrected chi connectivity index (χ3v) is 3.07. The van der Waals surface area contributed by atoms with Crippen molar-refractivity contribution in [1.29, 1.82) is 0 Å². The van der Waals surface area contributed by atoms with Gasteiger partial charge in [-0.3, -0.25) is 4.48 Å². The maximum absolute atomic E-state index is 4.04. The molecule has 17 heavy (non-hydrogen) atoms. The van der Waals surface area contributed by atoms with E-state index in [1.54, 1.807) is 0 Å². The van der Waals surface area contributed by atoms with Crippen molar-refractivity contribution in [3.8, 4) is 0 Å². The average Bonchev–Trinajstić information content (AvgIpc) is 2.31. The van der Waals surface area contributed by atoms with E-state index in [1.807, 2.05) is 0 Å². The van der Waals surface area contributed by atoms with Crippen LogP contribution in [-0.2, 0) is 6.54 Å². The number of halogens is 1. The molecule has 0 N–H and O–H groups in total. The van der Waals surface area contributed by atoms with Crippen LogP contribution in [0.15, 0.2) is 43.1 Å². The summed E-state index contributed by atoms with van der Waals surface area (Å²) in [7, 11) is 0. The second-order valence-corrected chi connectivity index (χ2v) is 4.49. The largest absolute Gasteiger partial charge is 1.00 e. The minimum absolute atomic E-state index is 0. The summed E-state index contributed by atoms with van der Waals surface area (Å²) in [5, 5.41) is 0. The average molecular weight is 254 g/mol. The van der Waals surface area contributed by atoms with Crippen molar-refractivity contribution in [2.45, 2.75) is 33.2 Å². The molecule has 0 bridgehead atoms. The molecule has 1 aromatic rings. The first kappa shape index (κ1) is 16.2. The number of hydrogen-bond donors (Lipinski definition) is 0. The second-order valence-electron chi connectivity index (χ2n) is 4.49. The van der Waals surface area contributed by atoms with E-state index >= 15 is 0 Å². The fraction of sp³-hybridized carbons (Fsp3) is 0.467. The first-order chi connectivity index (χ1) is 7.76. The highest BCUT2D eigenvalue weighted by Crippen LogP contribution is 2.17. The van der Waals surface area contributed by atoms with Crippen LogP contribution in [0.2, 0.25) is 0 Å². The molecule has 0 saturated carbocycles. The van der Waals surface area contributed by atoms with Crippen molar-refractivity contribution in [2.24, 2.45) is 0 Å². The lowest BCUT2D eigenvalue weighted by atomic mass is 10.1. The molecule has 1 nitrogen and oxygen atoms in total. The molecule has 1 aromatic carbocycles. The van der Waals surface area contributed by atoms with E-state index < -0.39 is 0 Å². The summed E-state index contributed by atoms with van der Waals surface area (Å²) in [5.41, 5.74) is 1.41. The van der Waals surface area contributed by atoms with Crippen LogP contribution in [0.25, 0.3) is 0 Å². The Kier molecular flexibility index (Phi) is 7.94. The van der Waals surface area contributed by atoms with Crippen LogP contribution in [0.3, 0.4) is 0 Å². The van der Waals surface area contributed by atoms with Crippen molar-refractivity contribution < 1.29 is 16.9 Å². The quantitative estimate of drug-likeness (QED) is 0.636. The van der Waals surface area contributed by atoms with Gasteiger partial charge in [-0.05, 0) is 19.4 Å². The fourth-order valence-corrected chi connectivity index (χ4v) is 2.35. The highest BCUT2D eigenvalue weighted by atomic mass is 35.5. The summed E-state index contributed by atoms with van der Waals surface area (Å²) < 4.78 is 1.01. The van der Waals surface area contributed by atoms with Gasteiger partial charge in [0.15, 0.2) is 0 Å². The van der Waals surface area contributed by atoms with Gasteiger partial charge in [-0.1, -0.05) is 44.2 Å². The molecule has 0 aliphatic rings. The maximum atomic E-state index is 4.04. The number of rotatable bonds is 7. The Labute approximate surface area is 112 Å². The minimum Gasteiger partial charge on any atom is -1.00 e. The predicted molar refractivity (Wildman–Crippen MR) is 70.9 cm³/mol. The number of benzene rings is 1. The van der Waals surface area contributed by atoms with Crippen molar-refractivity contribution >= 4 is 0 Å². The summed E-state index contributed by atoms with van der Waals surface area (Å²) in [5.74, 6) is 0. The van der Waals surface area contributed by atoms with Crippen LogP contribution in [0, 0.1) is 0 Å². The van der Waals surface area contributed by atoms with Crippen LogP contribution in [-0.4, -0.2) is 17.6 Å². The Balaban J connectivity index is 0.00000256. The van der Waals surface area contributed by atoms with Gasteiger partial charge in [0.05, 0.1) is 19.3 Å². The SMILES string of the molecule is C=C[N+](CCC)(CCC)Cc1ccccc1.[Cl-]. The van der Waals surface area contributed by atoms with Gasteiger partial charge in [0.25, 0.3) is 0 Å². The van der Waals surface area contributed by atoms with E-state index in [-0.39, 0.29) is 12.4 Å². The summed E-state index contributed by atoms with van der Waals surface area (Å²) in [6, 6.07) is 10.7. The molecule has 0 aromatic heterocycles. The second kappa shape index (κ2) is 8.32. The molecule has 1 rings (SSSR count). The van der Waals surface area contributed by atoms with E-state index in [0.29, 0.717) is 0 Å². The predicted octanol–water partition coefficient (Wildman–Crippen LogP) is 0.971. The van der Waals surface area contributed by atoms with Gasteiger partial charge < -0.3 is 12.4 Å². The number of nitrogens with zero attached hydrogens (tertiary/aromatic N) is 1. The minimum atomic E-state index is 0. The molecule has 0 aliphatic carbocycles. The van der Waals surface area contributed by atoms with Crippen molar-refractivity contribution in [3.05, 3.63) is 48.7 Å². The molecule has 0 fully saturated rings. The Morgan fingerprint density at radius 3 is 2.00 bits per heavy atom. The molecule has 0 amide bonds. The van der Waals surface area contributed by atoms with Gasteiger partial charge in [-0.25, -0.2) is 0 Å². The summed E-state index contributed by atoms with van der Waals surface area (Å²) in [6.07, 6.45) is 4.54. The summed E-state index contributed by atoms with van der Waals surface area (Å²) >= 11 is 0. The molecular formula is C15H24ClN. The Morgan fingerprint density at radius 1 is 1.06 bits per heavy atom. The topological polar surface area (TPSA) is 0 Å². The zero-order valence-corrected chi connectivity index (χ0v) is 11.8. The molecule has 0 saturated heterocycles. The first-order valence-corrected chi connectivity index (χ1v) is 6.29. The Hall–Kier alpha value is -0.790. The highest BCUT2D eigenvalue weighted by Gasteiger charge is 2.22. The van der Waals surface area contributed by atoms with Crippen LogP contribution >= 0.6 is 0 Å². The monoisotopic (exact) mass is 253 g/mol. The molecule has 2 heteroatoms. The Morgan fingerprint density at radius 2 is 1.59 bits per heavy atom. The molecule has 0 radical (unpaired) electrons. The van der Waals surface area contributed by atoms with Gasteiger partial charge in [0.1, 0.15) is 6.54 Å². The molecule has 0 unspecified atom stereocenters.